The first-order valence-corrected chi connectivity index (χ1v) is 5.00. The van der Waals surface area contributed by atoms with Crippen LogP contribution in [-0.2, 0) is 6.42 Å². The molecule has 0 saturated carbocycles. The predicted octanol–water partition coefficient (Wildman–Crippen LogP) is 2.76. The van der Waals surface area contributed by atoms with E-state index in [-0.39, 0.29) is 0 Å². The van der Waals surface area contributed by atoms with E-state index in [1.807, 2.05) is 19.3 Å². The first-order chi connectivity index (χ1) is 6.22. The van der Waals surface area contributed by atoms with E-state index in [0.717, 1.165) is 23.7 Å². The van der Waals surface area contributed by atoms with E-state index in [1.54, 1.807) is 0 Å². The zero-order valence-electron chi connectivity index (χ0n) is 8.75. The van der Waals surface area contributed by atoms with Crippen LogP contribution in [0.25, 0.3) is 0 Å². The number of aromatic nitrogens is 2. The Morgan fingerprint density at radius 1 is 1.31 bits per heavy atom. The monoisotopic (exact) mass is 178 g/mol. The third-order valence-corrected chi connectivity index (χ3v) is 2.39. The summed E-state index contributed by atoms with van der Waals surface area (Å²) in [6.07, 6.45) is 7.22. The van der Waals surface area contributed by atoms with E-state index in [2.05, 4.69) is 23.8 Å². The molecule has 13 heavy (non-hydrogen) atoms. The topological polar surface area (TPSA) is 25.8 Å². The second-order valence-electron chi connectivity index (χ2n) is 3.73. The minimum absolute atomic E-state index is 0.782. The SMILES string of the molecule is CCC(C)CCc1ncc(C)cn1. The molecule has 1 aromatic rings. The molecular formula is C11H18N2. The standard InChI is InChI=1S/C11H18N2/c1-4-9(2)5-6-11-12-7-10(3)8-13-11/h7-9H,4-6H2,1-3H3. The summed E-state index contributed by atoms with van der Waals surface area (Å²) in [6, 6.07) is 0. The summed E-state index contributed by atoms with van der Waals surface area (Å²) in [5.74, 6) is 1.76. The maximum absolute atomic E-state index is 4.27. The van der Waals surface area contributed by atoms with Crippen LogP contribution in [0.2, 0.25) is 0 Å². The molecule has 2 nitrogen and oxygen atoms in total. The van der Waals surface area contributed by atoms with Gasteiger partial charge in [0, 0.05) is 18.8 Å². The van der Waals surface area contributed by atoms with Gasteiger partial charge in [-0.3, -0.25) is 0 Å². The molecule has 0 amide bonds. The van der Waals surface area contributed by atoms with Crippen molar-refractivity contribution < 1.29 is 0 Å². The molecule has 0 radical (unpaired) electrons. The summed E-state index contributed by atoms with van der Waals surface area (Å²) >= 11 is 0. The first kappa shape index (κ1) is 10.2. The van der Waals surface area contributed by atoms with Crippen LogP contribution in [0.4, 0.5) is 0 Å². The van der Waals surface area contributed by atoms with Crippen molar-refractivity contribution in [2.45, 2.75) is 40.0 Å². The fourth-order valence-electron chi connectivity index (χ4n) is 1.13. The number of hydrogen-bond donors (Lipinski definition) is 0. The average Bonchev–Trinajstić information content (AvgIpc) is 2.16. The Morgan fingerprint density at radius 2 is 1.92 bits per heavy atom. The Hall–Kier alpha value is -0.920. The van der Waals surface area contributed by atoms with Crippen LogP contribution >= 0.6 is 0 Å². The fraction of sp³-hybridized carbons (Fsp3) is 0.636. The summed E-state index contributed by atoms with van der Waals surface area (Å²) in [6.45, 7) is 6.51. The lowest BCUT2D eigenvalue weighted by atomic mass is 10.0. The highest BCUT2D eigenvalue weighted by molar-refractivity contribution is 5.01. The molecule has 0 saturated heterocycles. The summed E-state index contributed by atoms with van der Waals surface area (Å²) in [4.78, 5) is 8.55. The first-order valence-electron chi connectivity index (χ1n) is 5.00. The molecule has 72 valence electrons. The van der Waals surface area contributed by atoms with Crippen molar-refractivity contribution in [3.63, 3.8) is 0 Å². The number of hydrogen-bond acceptors (Lipinski definition) is 2. The number of aryl methyl sites for hydroxylation is 2. The zero-order valence-corrected chi connectivity index (χ0v) is 8.75. The molecule has 1 heterocycles. The van der Waals surface area contributed by atoms with Gasteiger partial charge in [-0.1, -0.05) is 20.3 Å². The fourth-order valence-corrected chi connectivity index (χ4v) is 1.13. The normalized spacial score (nSPS) is 12.8. The molecule has 0 aliphatic rings. The van der Waals surface area contributed by atoms with E-state index in [9.17, 15) is 0 Å². The van der Waals surface area contributed by atoms with E-state index in [0.29, 0.717) is 0 Å². The van der Waals surface area contributed by atoms with Crippen LogP contribution in [0, 0.1) is 12.8 Å². The molecule has 0 fully saturated rings. The molecule has 1 aromatic heterocycles. The van der Waals surface area contributed by atoms with Gasteiger partial charge in [-0.25, -0.2) is 9.97 Å². The minimum atomic E-state index is 0.782. The summed E-state index contributed by atoms with van der Waals surface area (Å²) in [7, 11) is 0. The number of rotatable bonds is 4. The third kappa shape index (κ3) is 3.53. The van der Waals surface area contributed by atoms with Gasteiger partial charge in [0.15, 0.2) is 0 Å². The van der Waals surface area contributed by atoms with Crippen molar-refractivity contribution in [2.75, 3.05) is 0 Å². The third-order valence-electron chi connectivity index (χ3n) is 2.39. The average molecular weight is 178 g/mol. The Bertz CT molecular complexity index is 241. The molecule has 1 unspecified atom stereocenters. The van der Waals surface area contributed by atoms with Crippen molar-refractivity contribution in [3.8, 4) is 0 Å². The van der Waals surface area contributed by atoms with E-state index in [1.165, 1.54) is 12.8 Å². The lowest BCUT2D eigenvalue weighted by molar-refractivity contribution is 0.509. The van der Waals surface area contributed by atoms with E-state index >= 15 is 0 Å². The summed E-state index contributed by atoms with van der Waals surface area (Å²) in [5, 5.41) is 0. The summed E-state index contributed by atoms with van der Waals surface area (Å²) < 4.78 is 0. The maximum atomic E-state index is 4.27. The molecule has 1 rings (SSSR count). The van der Waals surface area contributed by atoms with Gasteiger partial charge >= 0.3 is 0 Å². The second kappa shape index (κ2) is 4.95. The Kier molecular flexibility index (Phi) is 3.87. The van der Waals surface area contributed by atoms with Crippen molar-refractivity contribution in [1.82, 2.24) is 9.97 Å². The van der Waals surface area contributed by atoms with Gasteiger partial charge in [0.05, 0.1) is 0 Å². The Morgan fingerprint density at radius 3 is 2.46 bits per heavy atom. The molecule has 0 aromatic carbocycles. The van der Waals surface area contributed by atoms with Gasteiger partial charge in [-0.05, 0) is 24.8 Å². The Labute approximate surface area is 80.4 Å². The van der Waals surface area contributed by atoms with Crippen LogP contribution in [0.5, 0.6) is 0 Å². The van der Waals surface area contributed by atoms with Crippen LogP contribution in [-0.4, -0.2) is 9.97 Å². The molecule has 0 N–H and O–H groups in total. The Balaban J connectivity index is 2.41. The molecule has 1 atom stereocenters. The van der Waals surface area contributed by atoms with Gasteiger partial charge in [0.25, 0.3) is 0 Å². The van der Waals surface area contributed by atoms with Crippen LogP contribution in [0.3, 0.4) is 0 Å². The second-order valence-corrected chi connectivity index (χ2v) is 3.73. The highest BCUT2D eigenvalue weighted by Gasteiger charge is 2.01. The van der Waals surface area contributed by atoms with Crippen LogP contribution in [0.1, 0.15) is 38.1 Å². The van der Waals surface area contributed by atoms with Gasteiger partial charge in [0.2, 0.25) is 0 Å². The highest BCUT2D eigenvalue weighted by Crippen LogP contribution is 2.09. The smallest absolute Gasteiger partial charge is 0.128 e. The summed E-state index contributed by atoms with van der Waals surface area (Å²) in [5.41, 5.74) is 1.13. The lowest BCUT2D eigenvalue weighted by Gasteiger charge is -2.06. The quantitative estimate of drug-likeness (QED) is 0.708. The predicted molar refractivity (Wildman–Crippen MR) is 54.5 cm³/mol. The van der Waals surface area contributed by atoms with E-state index < -0.39 is 0 Å². The van der Waals surface area contributed by atoms with Crippen molar-refractivity contribution in [3.05, 3.63) is 23.8 Å². The van der Waals surface area contributed by atoms with E-state index in [4.69, 9.17) is 0 Å². The molecule has 0 bridgehead atoms. The highest BCUT2D eigenvalue weighted by atomic mass is 14.9. The van der Waals surface area contributed by atoms with Gasteiger partial charge in [-0.2, -0.15) is 0 Å². The molecule has 2 heteroatoms. The van der Waals surface area contributed by atoms with Crippen molar-refractivity contribution >= 4 is 0 Å². The van der Waals surface area contributed by atoms with Gasteiger partial charge in [-0.15, -0.1) is 0 Å². The zero-order chi connectivity index (χ0) is 9.68. The molecule has 0 aliphatic carbocycles. The van der Waals surface area contributed by atoms with Crippen LogP contribution in [0.15, 0.2) is 12.4 Å². The van der Waals surface area contributed by atoms with Crippen LogP contribution < -0.4 is 0 Å². The molecule has 0 aliphatic heterocycles. The lowest BCUT2D eigenvalue weighted by Crippen LogP contribution is -1.99. The van der Waals surface area contributed by atoms with Gasteiger partial charge < -0.3 is 0 Å². The van der Waals surface area contributed by atoms with Crippen molar-refractivity contribution in [2.24, 2.45) is 5.92 Å². The largest absolute Gasteiger partial charge is 0.241 e. The molecule has 0 spiro atoms. The van der Waals surface area contributed by atoms with Crippen molar-refractivity contribution in [1.29, 1.82) is 0 Å². The molecular weight excluding hydrogens is 160 g/mol. The number of nitrogens with zero attached hydrogens (tertiary/aromatic N) is 2. The minimum Gasteiger partial charge on any atom is -0.241 e. The van der Waals surface area contributed by atoms with Gasteiger partial charge in [0.1, 0.15) is 5.82 Å². The maximum Gasteiger partial charge on any atom is 0.128 e.